The van der Waals surface area contributed by atoms with E-state index in [-0.39, 0.29) is 11.8 Å². The Morgan fingerprint density at radius 3 is 2.67 bits per heavy atom. The van der Waals surface area contributed by atoms with Gasteiger partial charge < -0.3 is 15.5 Å². The van der Waals surface area contributed by atoms with Crippen LogP contribution < -0.4 is 15.5 Å². The smallest absolute Gasteiger partial charge is 0.223 e. The van der Waals surface area contributed by atoms with E-state index in [9.17, 15) is 4.79 Å². The molecule has 2 fully saturated rings. The van der Waals surface area contributed by atoms with E-state index in [0.717, 1.165) is 51.9 Å². The molecule has 1 amide bonds. The third-order valence-electron chi connectivity index (χ3n) is 4.60. The summed E-state index contributed by atoms with van der Waals surface area (Å²) in [6.07, 6.45) is 4.19. The summed E-state index contributed by atoms with van der Waals surface area (Å²) >= 11 is 0. The number of nitrogens with one attached hydrogen (secondary N) is 2. The van der Waals surface area contributed by atoms with Gasteiger partial charge in [-0.25, -0.2) is 0 Å². The summed E-state index contributed by atoms with van der Waals surface area (Å²) in [5, 5.41) is 6.59. The highest BCUT2D eigenvalue weighted by atomic mass is 16.2. The molecule has 1 aromatic rings. The molecule has 2 aliphatic rings. The second kappa shape index (κ2) is 6.94. The zero-order valence-electron chi connectivity index (χ0n) is 12.6. The van der Waals surface area contributed by atoms with Crippen molar-refractivity contribution in [1.82, 2.24) is 10.6 Å². The summed E-state index contributed by atoms with van der Waals surface area (Å²) in [6.45, 7) is 3.96. The minimum atomic E-state index is 0.207. The van der Waals surface area contributed by atoms with Gasteiger partial charge in [-0.2, -0.15) is 0 Å². The Morgan fingerprint density at radius 2 is 1.90 bits per heavy atom. The van der Waals surface area contributed by atoms with Crippen molar-refractivity contribution in [2.45, 2.75) is 31.7 Å². The van der Waals surface area contributed by atoms with Gasteiger partial charge in [0, 0.05) is 30.7 Å². The first-order valence-electron chi connectivity index (χ1n) is 8.14. The molecule has 2 aliphatic heterocycles. The van der Waals surface area contributed by atoms with Crippen molar-refractivity contribution in [3.05, 3.63) is 30.3 Å². The summed E-state index contributed by atoms with van der Waals surface area (Å²) < 4.78 is 0. The van der Waals surface area contributed by atoms with E-state index in [1.54, 1.807) is 0 Å². The van der Waals surface area contributed by atoms with Crippen molar-refractivity contribution in [3.63, 3.8) is 0 Å². The average molecular weight is 287 g/mol. The average Bonchev–Trinajstić information content (AvgIpc) is 2.57. The highest BCUT2D eigenvalue weighted by molar-refractivity contribution is 5.79. The van der Waals surface area contributed by atoms with Crippen LogP contribution in [0.4, 0.5) is 5.69 Å². The zero-order chi connectivity index (χ0) is 14.5. The lowest BCUT2D eigenvalue weighted by atomic mass is 9.96. The van der Waals surface area contributed by atoms with Gasteiger partial charge in [-0.15, -0.1) is 0 Å². The summed E-state index contributed by atoms with van der Waals surface area (Å²) in [5.41, 5.74) is 1.26. The second-order valence-electron chi connectivity index (χ2n) is 6.15. The van der Waals surface area contributed by atoms with Crippen LogP contribution in [0, 0.1) is 5.92 Å². The molecule has 0 bridgehead atoms. The molecule has 2 N–H and O–H groups in total. The van der Waals surface area contributed by atoms with Crippen LogP contribution in [-0.2, 0) is 4.79 Å². The topological polar surface area (TPSA) is 44.4 Å². The standard InChI is InChI=1S/C17H25N3O/c21-17(14-8-10-18-11-9-14)19-15-5-4-12-20(13-15)16-6-2-1-3-7-16/h1-3,6-7,14-15,18H,4-5,8-13H2,(H,19,21). The lowest BCUT2D eigenvalue weighted by Crippen LogP contribution is -2.50. The second-order valence-corrected chi connectivity index (χ2v) is 6.15. The number of hydrogen-bond acceptors (Lipinski definition) is 3. The monoisotopic (exact) mass is 287 g/mol. The normalized spacial score (nSPS) is 23.8. The number of hydrogen-bond donors (Lipinski definition) is 2. The SMILES string of the molecule is O=C(NC1CCCN(c2ccccc2)C1)C1CCNCC1. The van der Waals surface area contributed by atoms with Crippen LogP contribution in [0.3, 0.4) is 0 Å². The zero-order valence-corrected chi connectivity index (χ0v) is 12.6. The maximum absolute atomic E-state index is 12.4. The number of amides is 1. The van der Waals surface area contributed by atoms with E-state index in [4.69, 9.17) is 0 Å². The largest absolute Gasteiger partial charge is 0.369 e. The van der Waals surface area contributed by atoms with Crippen LogP contribution in [0.25, 0.3) is 0 Å². The molecule has 114 valence electrons. The van der Waals surface area contributed by atoms with Crippen molar-refractivity contribution < 1.29 is 4.79 Å². The van der Waals surface area contributed by atoms with E-state index in [1.807, 2.05) is 6.07 Å². The molecule has 0 radical (unpaired) electrons. The quantitative estimate of drug-likeness (QED) is 0.890. The number of para-hydroxylation sites is 1. The Balaban J connectivity index is 1.55. The van der Waals surface area contributed by atoms with E-state index in [1.165, 1.54) is 5.69 Å². The molecule has 2 saturated heterocycles. The maximum Gasteiger partial charge on any atom is 0.223 e. The van der Waals surface area contributed by atoms with Gasteiger partial charge >= 0.3 is 0 Å². The van der Waals surface area contributed by atoms with Crippen molar-refractivity contribution in [2.24, 2.45) is 5.92 Å². The van der Waals surface area contributed by atoms with Crippen LogP contribution in [0.15, 0.2) is 30.3 Å². The lowest BCUT2D eigenvalue weighted by Gasteiger charge is -2.35. The number of carbonyl (C=O) groups is 1. The van der Waals surface area contributed by atoms with Crippen molar-refractivity contribution >= 4 is 11.6 Å². The van der Waals surface area contributed by atoms with Crippen molar-refractivity contribution in [1.29, 1.82) is 0 Å². The summed E-state index contributed by atoms with van der Waals surface area (Å²) in [5.74, 6) is 0.467. The molecule has 1 atom stereocenters. The van der Waals surface area contributed by atoms with Crippen molar-refractivity contribution in [2.75, 3.05) is 31.1 Å². The Kier molecular flexibility index (Phi) is 4.76. The Morgan fingerprint density at radius 1 is 1.14 bits per heavy atom. The van der Waals surface area contributed by atoms with Gasteiger partial charge in [0.1, 0.15) is 0 Å². The predicted octanol–water partition coefficient (Wildman–Crippen LogP) is 1.77. The Bertz CT molecular complexity index is 456. The number of anilines is 1. The minimum absolute atomic E-state index is 0.207. The summed E-state index contributed by atoms with van der Waals surface area (Å²) in [7, 11) is 0. The molecular formula is C17H25N3O. The van der Waals surface area contributed by atoms with Crippen molar-refractivity contribution in [3.8, 4) is 0 Å². The molecule has 0 spiro atoms. The molecule has 21 heavy (non-hydrogen) atoms. The number of piperidine rings is 2. The Labute approximate surface area is 126 Å². The van der Waals surface area contributed by atoms with Gasteiger partial charge in [-0.1, -0.05) is 18.2 Å². The minimum Gasteiger partial charge on any atom is -0.369 e. The highest BCUT2D eigenvalue weighted by Gasteiger charge is 2.26. The van der Waals surface area contributed by atoms with Crippen LogP contribution >= 0.6 is 0 Å². The van der Waals surface area contributed by atoms with Crippen LogP contribution in [0.1, 0.15) is 25.7 Å². The third-order valence-corrected chi connectivity index (χ3v) is 4.60. The van der Waals surface area contributed by atoms with Gasteiger partial charge in [0.05, 0.1) is 0 Å². The number of rotatable bonds is 3. The van der Waals surface area contributed by atoms with Crippen LogP contribution in [-0.4, -0.2) is 38.1 Å². The van der Waals surface area contributed by atoms with Gasteiger partial charge in [0.15, 0.2) is 0 Å². The first-order chi connectivity index (χ1) is 10.3. The van der Waals surface area contributed by atoms with Crippen LogP contribution in [0.2, 0.25) is 0 Å². The van der Waals surface area contributed by atoms with E-state index in [0.29, 0.717) is 6.04 Å². The predicted molar refractivity (Wildman–Crippen MR) is 85.4 cm³/mol. The molecule has 3 rings (SSSR count). The molecule has 0 saturated carbocycles. The Hall–Kier alpha value is -1.55. The van der Waals surface area contributed by atoms with E-state index >= 15 is 0 Å². The van der Waals surface area contributed by atoms with Gasteiger partial charge in [-0.3, -0.25) is 4.79 Å². The molecule has 1 aromatic carbocycles. The number of benzene rings is 1. The van der Waals surface area contributed by atoms with Crippen LogP contribution in [0.5, 0.6) is 0 Å². The molecule has 1 unspecified atom stereocenters. The number of carbonyl (C=O) groups excluding carboxylic acids is 1. The fraction of sp³-hybridized carbons (Fsp3) is 0.588. The molecule has 2 heterocycles. The van der Waals surface area contributed by atoms with E-state index in [2.05, 4.69) is 39.8 Å². The lowest BCUT2D eigenvalue weighted by molar-refractivity contribution is -0.126. The molecule has 4 nitrogen and oxygen atoms in total. The van der Waals surface area contributed by atoms with Gasteiger partial charge in [0.2, 0.25) is 5.91 Å². The number of nitrogens with zero attached hydrogens (tertiary/aromatic N) is 1. The van der Waals surface area contributed by atoms with Gasteiger partial charge in [-0.05, 0) is 50.9 Å². The van der Waals surface area contributed by atoms with Gasteiger partial charge in [0.25, 0.3) is 0 Å². The fourth-order valence-electron chi connectivity index (χ4n) is 3.37. The summed E-state index contributed by atoms with van der Waals surface area (Å²) in [6, 6.07) is 10.8. The molecule has 4 heteroatoms. The first-order valence-corrected chi connectivity index (χ1v) is 8.14. The van der Waals surface area contributed by atoms with E-state index < -0.39 is 0 Å². The fourth-order valence-corrected chi connectivity index (χ4v) is 3.37. The molecular weight excluding hydrogens is 262 g/mol. The third kappa shape index (κ3) is 3.76. The molecule has 0 aromatic heterocycles. The molecule has 0 aliphatic carbocycles. The highest BCUT2D eigenvalue weighted by Crippen LogP contribution is 2.20. The maximum atomic E-state index is 12.4. The first kappa shape index (κ1) is 14.4. The summed E-state index contributed by atoms with van der Waals surface area (Å²) in [4.78, 5) is 14.7.